The van der Waals surface area contributed by atoms with Crippen LogP contribution >= 0.6 is 0 Å². The molecule has 4 aromatic rings. The average molecular weight is 578 g/mol. The molecule has 0 spiro atoms. The highest BCUT2D eigenvalue weighted by molar-refractivity contribution is 5.71. The van der Waals surface area contributed by atoms with Gasteiger partial charge in [0.15, 0.2) is 34.8 Å². The van der Waals surface area contributed by atoms with Gasteiger partial charge in [0.25, 0.3) is 11.1 Å². The lowest BCUT2D eigenvalue weighted by Gasteiger charge is -2.22. The van der Waals surface area contributed by atoms with Crippen LogP contribution in [0, 0.1) is 0 Å². The number of rotatable bonds is 8. The van der Waals surface area contributed by atoms with E-state index in [9.17, 15) is 30.0 Å². The molecule has 220 valence electrons. The lowest BCUT2D eigenvalue weighted by molar-refractivity contribution is -0.157. The Balaban J connectivity index is 1.13. The van der Waals surface area contributed by atoms with E-state index in [0.717, 1.165) is 0 Å². The van der Waals surface area contributed by atoms with Gasteiger partial charge in [0, 0.05) is 0 Å². The van der Waals surface area contributed by atoms with Crippen molar-refractivity contribution in [2.24, 2.45) is 0 Å². The molecule has 6 heterocycles. The van der Waals surface area contributed by atoms with Crippen LogP contribution in [0.15, 0.2) is 22.2 Å². The Labute approximate surface area is 227 Å². The zero-order valence-corrected chi connectivity index (χ0v) is 21.0. The smallest absolute Gasteiger partial charge is 0.280 e. The zero-order chi connectivity index (χ0) is 29.0. The van der Waals surface area contributed by atoms with Crippen molar-refractivity contribution in [3.8, 4) is 0 Å². The number of aliphatic hydroxyl groups excluding tert-OH is 4. The van der Waals surface area contributed by atoms with Gasteiger partial charge in [-0.2, -0.15) is 9.97 Å². The van der Waals surface area contributed by atoms with Gasteiger partial charge in [-0.15, -0.1) is 0 Å². The van der Waals surface area contributed by atoms with E-state index in [2.05, 4.69) is 29.9 Å². The van der Waals surface area contributed by atoms with Crippen LogP contribution in [0.2, 0.25) is 0 Å². The monoisotopic (exact) mass is 578 g/mol. The van der Waals surface area contributed by atoms with Gasteiger partial charge in [-0.1, -0.05) is 0 Å². The van der Waals surface area contributed by atoms with E-state index in [4.69, 9.17) is 30.4 Å². The molecule has 2 fully saturated rings. The third kappa shape index (κ3) is 4.61. The van der Waals surface area contributed by atoms with Crippen molar-refractivity contribution in [3.05, 3.63) is 33.4 Å². The fraction of sp³-hybridized carbons (Fsp3) is 0.524. The highest BCUT2D eigenvalue weighted by atomic mass is 16.7. The molecule has 0 saturated carbocycles. The number of H-pyrrole nitrogens is 2. The van der Waals surface area contributed by atoms with E-state index in [1.165, 1.54) is 21.8 Å². The van der Waals surface area contributed by atoms with Gasteiger partial charge >= 0.3 is 0 Å². The van der Waals surface area contributed by atoms with Crippen molar-refractivity contribution in [2.75, 3.05) is 31.5 Å². The minimum atomic E-state index is -1.43. The summed E-state index contributed by atoms with van der Waals surface area (Å²) in [5.74, 6) is -0.323. The van der Waals surface area contributed by atoms with Gasteiger partial charge in [-0.05, 0) is 0 Å². The number of nitrogen functional groups attached to an aromatic ring is 2. The Morgan fingerprint density at radius 1 is 0.854 bits per heavy atom. The molecular formula is C21H26N10O10. The fourth-order valence-electron chi connectivity index (χ4n) is 4.92. The lowest BCUT2D eigenvalue weighted by Crippen LogP contribution is -2.37. The molecule has 0 radical (unpaired) electrons. The second-order valence-corrected chi connectivity index (χ2v) is 9.45. The molecular weight excluding hydrogens is 552 g/mol. The van der Waals surface area contributed by atoms with Crippen molar-refractivity contribution in [2.45, 2.75) is 49.1 Å². The van der Waals surface area contributed by atoms with Crippen LogP contribution < -0.4 is 22.6 Å². The molecule has 41 heavy (non-hydrogen) atoms. The molecule has 0 amide bonds. The van der Waals surface area contributed by atoms with Crippen LogP contribution in [0.5, 0.6) is 0 Å². The Morgan fingerprint density at radius 2 is 1.41 bits per heavy atom. The first-order valence-electron chi connectivity index (χ1n) is 12.3. The van der Waals surface area contributed by atoms with Crippen molar-refractivity contribution in [1.82, 2.24) is 39.0 Å². The number of fused-ring (bicyclic) bond motifs is 2. The molecule has 2 saturated heterocycles. The largest absolute Gasteiger partial charge is 0.394 e. The van der Waals surface area contributed by atoms with Gasteiger partial charge < -0.3 is 50.8 Å². The molecule has 10 N–H and O–H groups in total. The predicted molar refractivity (Wildman–Crippen MR) is 134 cm³/mol. The van der Waals surface area contributed by atoms with E-state index >= 15 is 0 Å². The number of hydrogen-bond donors (Lipinski definition) is 8. The minimum Gasteiger partial charge on any atom is -0.394 e. The van der Waals surface area contributed by atoms with E-state index in [0.29, 0.717) is 0 Å². The van der Waals surface area contributed by atoms with Crippen LogP contribution in [0.4, 0.5) is 11.9 Å². The maximum atomic E-state index is 12.2. The van der Waals surface area contributed by atoms with E-state index < -0.39 is 73.6 Å². The quantitative estimate of drug-likeness (QED) is 0.0723. The predicted octanol–water partition coefficient (Wildman–Crippen LogP) is -4.35. The molecule has 4 aromatic heterocycles. The molecule has 2 aliphatic rings. The second-order valence-electron chi connectivity index (χ2n) is 9.45. The van der Waals surface area contributed by atoms with E-state index in [1.54, 1.807) is 0 Å². The summed E-state index contributed by atoms with van der Waals surface area (Å²) in [5, 5.41) is 41.5. The first-order valence-corrected chi connectivity index (χ1v) is 12.3. The highest BCUT2D eigenvalue weighted by Gasteiger charge is 2.47. The summed E-state index contributed by atoms with van der Waals surface area (Å²) in [5.41, 5.74) is 10.2. The third-order valence-electron chi connectivity index (χ3n) is 6.91. The number of aromatic nitrogens is 8. The number of aromatic amines is 2. The summed E-state index contributed by atoms with van der Waals surface area (Å²) in [6, 6.07) is 0. The van der Waals surface area contributed by atoms with Gasteiger partial charge in [-0.3, -0.25) is 28.7 Å². The van der Waals surface area contributed by atoms with Crippen LogP contribution in [0.25, 0.3) is 22.3 Å². The van der Waals surface area contributed by atoms with Gasteiger partial charge in [0.2, 0.25) is 11.9 Å². The Morgan fingerprint density at radius 3 is 2.00 bits per heavy atom. The standard InChI is InChI=1S/C21H26N10O10/c22-20-26-14-8(16(36)28-20)24-3-30(14)18-12(35)10(33)7(41-18)2-38-5-39-13-11(34)6(1-32)40-19(13)31-4-25-9-15(31)27-21(23)29-17(9)37/h3-4,6-7,10-13,18-19,32-35H,1-2,5H2,(H3,22,26,28,36)(H3,23,27,29,37). The molecule has 8 atom stereocenters. The number of nitrogens with one attached hydrogen (secondary N) is 2. The van der Waals surface area contributed by atoms with Gasteiger partial charge in [-0.25, -0.2) is 9.97 Å². The summed E-state index contributed by atoms with van der Waals surface area (Å²) < 4.78 is 25.4. The fourth-order valence-corrected chi connectivity index (χ4v) is 4.92. The number of aliphatic hydroxyl groups is 4. The maximum absolute atomic E-state index is 12.2. The van der Waals surface area contributed by atoms with Gasteiger partial charge in [0.05, 0.1) is 25.9 Å². The molecule has 0 bridgehead atoms. The van der Waals surface area contributed by atoms with Crippen molar-refractivity contribution in [1.29, 1.82) is 0 Å². The molecule has 0 aliphatic carbocycles. The number of imidazole rings is 2. The number of nitrogens with zero attached hydrogens (tertiary/aromatic N) is 6. The summed E-state index contributed by atoms with van der Waals surface area (Å²) in [4.78, 5) is 45.0. The number of anilines is 2. The lowest BCUT2D eigenvalue weighted by atomic mass is 10.1. The number of nitrogens with two attached hydrogens (primary N) is 2. The van der Waals surface area contributed by atoms with Gasteiger partial charge in [0.1, 0.15) is 43.4 Å². The molecule has 6 rings (SSSR count). The van der Waals surface area contributed by atoms with Crippen LogP contribution in [-0.2, 0) is 18.9 Å². The first-order chi connectivity index (χ1) is 19.7. The second kappa shape index (κ2) is 10.4. The summed E-state index contributed by atoms with van der Waals surface area (Å²) in [7, 11) is 0. The zero-order valence-electron chi connectivity index (χ0n) is 21.0. The Hall–Kier alpha value is -4.02. The van der Waals surface area contributed by atoms with E-state index in [1.807, 2.05) is 0 Å². The topological polar surface area (TPSA) is 297 Å². The van der Waals surface area contributed by atoms with Crippen molar-refractivity contribution in [3.63, 3.8) is 0 Å². The average Bonchev–Trinajstić information content (AvgIpc) is 3.68. The normalized spacial score (nSPS) is 30.1. The highest BCUT2D eigenvalue weighted by Crippen LogP contribution is 2.34. The summed E-state index contributed by atoms with van der Waals surface area (Å²) >= 11 is 0. The molecule has 20 heteroatoms. The maximum Gasteiger partial charge on any atom is 0.280 e. The minimum absolute atomic E-state index is 0.0200. The summed E-state index contributed by atoms with van der Waals surface area (Å²) in [6.45, 7) is -1.22. The molecule has 20 nitrogen and oxygen atoms in total. The van der Waals surface area contributed by atoms with Crippen molar-refractivity contribution < 1.29 is 39.4 Å². The summed E-state index contributed by atoms with van der Waals surface area (Å²) in [6.07, 6.45) is -7.02. The Kier molecular flexibility index (Phi) is 6.91. The number of hydrogen-bond acceptors (Lipinski definition) is 16. The molecule has 2 aliphatic heterocycles. The molecule has 8 unspecified atom stereocenters. The third-order valence-corrected chi connectivity index (χ3v) is 6.91. The van der Waals surface area contributed by atoms with Crippen LogP contribution in [-0.4, -0.2) is 116 Å². The van der Waals surface area contributed by atoms with E-state index in [-0.39, 0.29) is 40.8 Å². The number of ether oxygens (including phenoxy) is 4. The SMILES string of the molecule is Nc1nc2c(ncn2C2OC(COCOC3C(O)C(CO)OC3n3cnc4c(=O)[nH]c(N)nc43)C(O)C2O)c(=O)[nH]1. The van der Waals surface area contributed by atoms with Crippen LogP contribution in [0.1, 0.15) is 12.5 Å². The molecule has 0 aromatic carbocycles. The first kappa shape index (κ1) is 27.2. The van der Waals surface area contributed by atoms with Crippen LogP contribution in [0.3, 0.4) is 0 Å². The Bertz CT molecular complexity index is 1680. The van der Waals surface area contributed by atoms with Crippen molar-refractivity contribution >= 4 is 34.2 Å².